The molecule has 5 nitrogen and oxygen atoms in total. The van der Waals surface area contributed by atoms with Crippen LogP contribution in [0.15, 0.2) is 24.3 Å². The largest absolute Gasteiger partial charge is 0.383 e. The van der Waals surface area contributed by atoms with E-state index in [9.17, 15) is 18.7 Å². The van der Waals surface area contributed by atoms with Gasteiger partial charge in [0, 0.05) is 37.6 Å². The van der Waals surface area contributed by atoms with E-state index >= 15 is 0 Å². The number of nitrogens with one attached hydrogen (secondary N) is 1. The highest BCUT2D eigenvalue weighted by Gasteiger charge is 2.61. The van der Waals surface area contributed by atoms with Gasteiger partial charge < -0.3 is 20.2 Å². The van der Waals surface area contributed by atoms with Crippen molar-refractivity contribution < 1.29 is 18.7 Å². The predicted molar refractivity (Wildman–Crippen MR) is 88.5 cm³/mol. The van der Waals surface area contributed by atoms with E-state index < -0.39 is 17.4 Å². The Hall–Kier alpha value is -1.73. The summed E-state index contributed by atoms with van der Waals surface area (Å²) in [4.78, 5) is 16.3. The Balaban J connectivity index is 1.63. The molecule has 0 spiro atoms. The molecule has 1 aliphatic carbocycles. The number of carbonyl (C=O) groups is 1. The van der Waals surface area contributed by atoms with E-state index in [-0.39, 0.29) is 12.8 Å². The fraction of sp³-hybridized carbons (Fsp3) is 0.588. The van der Waals surface area contributed by atoms with Crippen molar-refractivity contribution >= 4 is 17.3 Å². The molecule has 1 saturated heterocycles. The summed E-state index contributed by atoms with van der Waals surface area (Å²) in [6.07, 6.45) is 0.421. The molecule has 0 aromatic heterocycles. The molecule has 24 heavy (non-hydrogen) atoms. The zero-order chi connectivity index (χ0) is 17.4. The van der Waals surface area contributed by atoms with Crippen molar-refractivity contribution in [3.8, 4) is 0 Å². The van der Waals surface area contributed by atoms with Crippen LogP contribution >= 0.6 is 0 Å². The van der Waals surface area contributed by atoms with Crippen molar-refractivity contribution in [1.29, 1.82) is 0 Å². The van der Waals surface area contributed by atoms with Gasteiger partial charge in [0.25, 0.3) is 5.91 Å². The van der Waals surface area contributed by atoms with Crippen molar-refractivity contribution in [3.63, 3.8) is 0 Å². The number of hydrogen-bond acceptors (Lipinski definition) is 4. The first-order valence-electron chi connectivity index (χ1n) is 8.27. The summed E-state index contributed by atoms with van der Waals surface area (Å²) in [6.45, 7) is 3.77. The Bertz CT molecular complexity index is 594. The third kappa shape index (κ3) is 3.10. The second-order valence-corrected chi connectivity index (χ2v) is 6.75. The van der Waals surface area contributed by atoms with E-state index in [0.29, 0.717) is 12.1 Å². The van der Waals surface area contributed by atoms with Crippen molar-refractivity contribution in [2.75, 3.05) is 43.4 Å². The van der Waals surface area contributed by atoms with Crippen molar-refractivity contribution in [1.82, 2.24) is 4.90 Å². The van der Waals surface area contributed by atoms with E-state index in [1.807, 2.05) is 12.1 Å². The fourth-order valence-electron chi connectivity index (χ4n) is 3.07. The lowest BCUT2D eigenvalue weighted by molar-refractivity contribution is -0.212. The number of alkyl halides is 2. The first-order valence-corrected chi connectivity index (χ1v) is 8.27. The van der Waals surface area contributed by atoms with Gasteiger partial charge in [0.15, 0.2) is 0 Å². The molecular weight excluding hydrogens is 316 g/mol. The number of piperazine rings is 1. The highest BCUT2D eigenvalue weighted by atomic mass is 19.3. The zero-order valence-electron chi connectivity index (χ0n) is 13.8. The topological polar surface area (TPSA) is 55.8 Å². The molecule has 132 valence electrons. The third-order valence-electron chi connectivity index (χ3n) is 5.04. The molecule has 0 atom stereocenters. The highest BCUT2D eigenvalue weighted by molar-refractivity contribution is 5.97. The molecule has 1 aromatic rings. The van der Waals surface area contributed by atoms with Gasteiger partial charge in [-0.3, -0.25) is 4.79 Å². The monoisotopic (exact) mass is 339 g/mol. The minimum Gasteiger partial charge on any atom is -0.383 e. The maximum atomic E-state index is 14.1. The highest BCUT2D eigenvalue weighted by Crippen LogP contribution is 2.44. The van der Waals surface area contributed by atoms with Gasteiger partial charge in [-0.1, -0.05) is 0 Å². The third-order valence-corrected chi connectivity index (χ3v) is 5.04. The summed E-state index contributed by atoms with van der Waals surface area (Å²) in [6, 6.07) is 6.87. The lowest BCUT2D eigenvalue weighted by Crippen LogP contribution is -2.59. The molecule has 2 fully saturated rings. The number of anilines is 2. The lowest BCUT2D eigenvalue weighted by atomic mass is 9.75. The molecule has 1 saturated carbocycles. The maximum absolute atomic E-state index is 14.1. The van der Waals surface area contributed by atoms with E-state index in [1.165, 1.54) is 0 Å². The van der Waals surface area contributed by atoms with Gasteiger partial charge in [-0.15, -0.1) is 0 Å². The van der Waals surface area contributed by atoms with Crippen LogP contribution in [0.3, 0.4) is 0 Å². The second-order valence-electron chi connectivity index (χ2n) is 6.75. The lowest BCUT2D eigenvalue weighted by Gasteiger charge is -2.41. The molecule has 0 unspecified atom stereocenters. The molecule has 3 rings (SSSR count). The van der Waals surface area contributed by atoms with Gasteiger partial charge in [0.2, 0.25) is 0 Å². The van der Waals surface area contributed by atoms with Crippen LogP contribution in [0.2, 0.25) is 0 Å². The van der Waals surface area contributed by atoms with Gasteiger partial charge in [-0.05, 0) is 50.6 Å². The summed E-state index contributed by atoms with van der Waals surface area (Å²) >= 11 is 0. The van der Waals surface area contributed by atoms with E-state index in [0.717, 1.165) is 31.9 Å². The number of likely N-dealkylation sites (N-methyl/N-ethyl adjacent to an activating group) is 1. The Kier molecular flexibility index (Phi) is 4.48. The fourth-order valence-corrected chi connectivity index (χ4v) is 3.07. The summed E-state index contributed by atoms with van der Waals surface area (Å²) in [5.74, 6) is -5.22. The minimum atomic E-state index is -3.78. The van der Waals surface area contributed by atoms with Crippen LogP contribution in [-0.2, 0) is 4.79 Å². The first kappa shape index (κ1) is 17.1. The molecular formula is C17H23F2N3O2. The normalized spacial score (nSPS) is 21.2. The van der Waals surface area contributed by atoms with Crippen LogP contribution in [-0.4, -0.2) is 60.7 Å². The molecule has 2 N–H and O–H groups in total. The second kappa shape index (κ2) is 6.29. The smallest absolute Gasteiger partial charge is 0.352 e. The SMILES string of the molecule is CN1CCN(c2ccc(NC(=O)C(F)(F)C3(O)CCC3)cc2)CC1. The van der Waals surface area contributed by atoms with Crippen LogP contribution in [0.1, 0.15) is 19.3 Å². The summed E-state index contributed by atoms with van der Waals surface area (Å²) < 4.78 is 28.1. The predicted octanol–water partition coefficient (Wildman–Crippen LogP) is 1.93. The van der Waals surface area contributed by atoms with Crippen LogP contribution in [0.25, 0.3) is 0 Å². The quantitative estimate of drug-likeness (QED) is 0.880. The van der Waals surface area contributed by atoms with Gasteiger partial charge in [-0.2, -0.15) is 8.78 Å². The van der Waals surface area contributed by atoms with Gasteiger partial charge >= 0.3 is 5.92 Å². The number of benzene rings is 1. The number of halogens is 2. The van der Waals surface area contributed by atoms with Gasteiger partial charge in [-0.25, -0.2) is 0 Å². The number of amides is 1. The Labute approximate surface area is 140 Å². The number of nitrogens with zero attached hydrogens (tertiary/aromatic N) is 2. The van der Waals surface area contributed by atoms with Crippen LogP contribution in [0, 0.1) is 0 Å². The minimum absolute atomic E-state index is 0.0459. The Morgan fingerprint density at radius 3 is 2.25 bits per heavy atom. The summed E-state index contributed by atoms with van der Waals surface area (Å²) in [7, 11) is 2.08. The number of aliphatic hydroxyl groups is 1. The van der Waals surface area contributed by atoms with Crippen LogP contribution in [0.4, 0.5) is 20.2 Å². The molecule has 0 bridgehead atoms. The molecule has 1 aromatic carbocycles. The van der Waals surface area contributed by atoms with Crippen molar-refractivity contribution in [2.45, 2.75) is 30.8 Å². The maximum Gasteiger partial charge on any atom is 0.352 e. The number of carbonyl (C=O) groups excluding carboxylic acids is 1. The first-order chi connectivity index (χ1) is 11.3. The van der Waals surface area contributed by atoms with Gasteiger partial charge in [0.05, 0.1) is 0 Å². The van der Waals surface area contributed by atoms with Crippen molar-refractivity contribution in [2.24, 2.45) is 0 Å². The van der Waals surface area contributed by atoms with E-state index in [2.05, 4.69) is 22.2 Å². The van der Waals surface area contributed by atoms with Crippen molar-refractivity contribution in [3.05, 3.63) is 24.3 Å². The van der Waals surface area contributed by atoms with E-state index in [4.69, 9.17) is 0 Å². The summed E-state index contributed by atoms with van der Waals surface area (Å²) in [5.41, 5.74) is -0.886. The Morgan fingerprint density at radius 1 is 1.17 bits per heavy atom. The van der Waals surface area contributed by atoms with Crippen LogP contribution in [0.5, 0.6) is 0 Å². The molecule has 1 aliphatic heterocycles. The zero-order valence-corrected chi connectivity index (χ0v) is 13.8. The molecule has 1 heterocycles. The average Bonchev–Trinajstić information content (AvgIpc) is 2.54. The van der Waals surface area contributed by atoms with E-state index in [1.54, 1.807) is 12.1 Å². The Morgan fingerprint density at radius 2 is 1.75 bits per heavy atom. The van der Waals surface area contributed by atoms with Gasteiger partial charge in [0.1, 0.15) is 5.60 Å². The standard InChI is InChI=1S/C17H23F2N3O2/c1-21-9-11-22(12-10-21)14-5-3-13(4-6-14)20-15(23)17(18,19)16(24)7-2-8-16/h3-6,24H,2,7-12H2,1H3,(H,20,23). The van der Waals surface area contributed by atoms with Crippen LogP contribution < -0.4 is 10.2 Å². The molecule has 1 amide bonds. The summed E-state index contributed by atoms with van der Waals surface area (Å²) in [5, 5.41) is 12.0. The number of hydrogen-bond donors (Lipinski definition) is 2. The molecule has 2 aliphatic rings. The average molecular weight is 339 g/mol. The number of rotatable bonds is 4. The molecule has 0 radical (unpaired) electrons. The molecule has 7 heteroatoms.